The molecule has 7 heteroatoms. The molecule has 0 spiro atoms. The van der Waals surface area contributed by atoms with Crippen LogP contribution in [0.4, 0.5) is 0 Å². The summed E-state index contributed by atoms with van der Waals surface area (Å²) in [7, 11) is -3.38. The van der Waals surface area contributed by atoms with Crippen LogP contribution in [0.5, 0.6) is 0 Å². The van der Waals surface area contributed by atoms with E-state index < -0.39 is 13.8 Å². The molecule has 0 aromatic carbocycles. The lowest BCUT2D eigenvalue weighted by Crippen LogP contribution is -2.29. The molecule has 0 aliphatic rings. The maximum Gasteiger partial charge on any atom is 0.334 e. The fraction of sp³-hybridized carbons (Fsp3) is 1.00. The summed E-state index contributed by atoms with van der Waals surface area (Å²) in [6.45, 7) is 8.79. The van der Waals surface area contributed by atoms with E-state index in [4.69, 9.17) is 14.3 Å². The second kappa shape index (κ2) is 9.86. The van der Waals surface area contributed by atoms with Gasteiger partial charge in [0.1, 0.15) is 6.23 Å². The lowest BCUT2D eigenvalue weighted by Gasteiger charge is -2.21. The molecule has 19 heavy (non-hydrogen) atoms. The van der Waals surface area contributed by atoms with Crippen molar-refractivity contribution in [2.45, 2.75) is 46.8 Å². The summed E-state index contributed by atoms with van der Waals surface area (Å²) in [5.41, 5.74) is 1.64. The normalized spacial score (nSPS) is 14.3. The van der Waals surface area contributed by atoms with Crippen molar-refractivity contribution in [2.24, 2.45) is 11.8 Å². The smallest absolute Gasteiger partial charge is 0.334 e. The standard InChI is InChI=1S/C12H28NO5P/c1-10(2)5-7-17-19(16,9-12(14)13-15)18-8-6-11(3)4/h10-15H,5-9H2,1-4H3. The molecule has 0 aromatic heterocycles. The average molecular weight is 297 g/mol. The summed E-state index contributed by atoms with van der Waals surface area (Å²) < 4.78 is 23.0. The van der Waals surface area contributed by atoms with Crippen LogP contribution in [0.15, 0.2) is 0 Å². The molecule has 0 saturated carbocycles. The van der Waals surface area contributed by atoms with Crippen LogP contribution in [-0.2, 0) is 13.6 Å². The Bertz CT molecular complexity index is 255. The van der Waals surface area contributed by atoms with Gasteiger partial charge in [-0.25, -0.2) is 0 Å². The van der Waals surface area contributed by atoms with E-state index in [-0.39, 0.29) is 6.16 Å². The Hall–Kier alpha value is 0.0300. The molecule has 0 fully saturated rings. The zero-order valence-electron chi connectivity index (χ0n) is 12.3. The van der Waals surface area contributed by atoms with Crippen molar-refractivity contribution in [3.05, 3.63) is 0 Å². The molecule has 0 heterocycles. The Labute approximate surface area is 116 Å². The van der Waals surface area contributed by atoms with Gasteiger partial charge in [-0.15, -0.1) is 0 Å². The van der Waals surface area contributed by atoms with Crippen molar-refractivity contribution >= 4 is 7.60 Å². The van der Waals surface area contributed by atoms with Crippen molar-refractivity contribution in [3.63, 3.8) is 0 Å². The van der Waals surface area contributed by atoms with Gasteiger partial charge >= 0.3 is 7.60 Å². The minimum Gasteiger partial charge on any atom is -0.376 e. The SMILES string of the molecule is CC(C)CCOP(=O)(CC(O)NO)OCCC(C)C. The third-order valence-corrected chi connectivity index (χ3v) is 4.46. The predicted octanol–water partition coefficient (Wildman–Crippen LogP) is 2.60. The van der Waals surface area contributed by atoms with E-state index in [0.717, 1.165) is 12.8 Å². The average Bonchev–Trinajstić information content (AvgIpc) is 2.27. The summed E-state index contributed by atoms with van der Waals surface area (Å²) in [5, 5.41) is 17.9. The van der Waals surface area contributed by atoms with Crippen LogP contribution < -0.4 is 5.48 Å². The first-order valence-corrected chi connectivity index (χ1v) is 8.47. The molecule has 0 amide bonds. The summed E-state index contributed by atoms with van der Waals surface area (Å²) >= 11 is 0. The van der Waals surface area contributed by atoms with Gasteiger partial charge in [-0.3, -0.25) is 4.57 Å². The number of hydroxylamine groups is 1. The number of hydrogen-bond acceptors (Lipinski definition) is 6. The molecule has 0 rings (SSSR count). The number of rotatable bonds is 11. The predicted molar refractivity (Wildman–Crippen MR) is 74.2 cm³/mol. The highest BCUT2D eigenvalue weighted by Crippen LogP contribution is 2.48. The van der Waals surface area contributed by atoms with E-state index in [1.54, 1.807) is 5.48 Å². The molecule has 0 bridgehead atoms. The van der Waals surface area contributed by atoms with Crippen molar-refractivity contribution in [1.29, 1.82) is 0 Å². The lowest BCUT2D eigenvalue weighted by molar-refractivity contribution is 0.0116. The molecule has 6 nitrogen and oxygen atoms in total. The Balaban J connectivity index is 4.31. The Kier molecular flexibility index (Phi) is 9.87. The summed E-state index contributed by atoms with van der Waals surface area (Å²) in [5.74, 6) is 0.870. The number of aliphatic hydroxyl groups is 1. The topological polar surface area (TPSA) is 88.0 Å². The van der Waals surface area contributed by atoms with E-state index in [9.17, 15) is 9.67 Å². The molecule has 0 aliphatic carbocycles. The third kappa shape index (κ3) is 10.5. The molecular formula is C12H28NO5P. The van der Waals surface area contributed by atoms with E-state index in [2.05, 4.69) is 0 Å². The van der Waals surface area contributed by atoms with Gasteiger partial charge in [0.2, 0.25) is 0 Å². The van der Waals surface area contributed by atoms with Crippen LogP contribution in [0.1, 0.15) is 40.5 Å². The van der Waals surface area contributed by atoms with E-state index in [1.807, 2.05) is 27.7 Å². The third-order valence-electron chi connectivity index (χ3n) is 2.51. The van der Waals surface area contributed by atoms with Gasteiger partial charge in [0.25, 0.3) is 0 Å². The van der Waals surface area contributed by atoms with Gasteiger partial charge in [-0.1, -0.05) is 27.7 Å². The molecular weight excluding hydrogens is 269 g/mol. The lowest BCUT2D eigenvalue weighted by atomic mass is 10.2. The zero-order chi connectivity index (χ0) is 14.9. The minimum absolute atomic E-state index is 0.264. The van der Waals surface area contributed by atoms with Crippen LogP contribution in [-0.4, -0.2) is 35.9 Å². The fourth-order valence-corrected chi connectivity index (χ4v) is 2.81. The molecule has 3 N–H and O–H groups in total. The first-order chi connectivity index (χ1) is 8.79. The van der Waals surface area contributed by atoms with Crippen LogP contribution in [0.3, 0.4) is 0 Å². The zero-order valence-corrected chi connectivity index (χ0v) is 13.2. The maximum absolute atomic E-state index is 12.4. The second-order valence-electron chi connectivity index (χ2n) is 5.47. The van der Waals surface area contributed by atoms with Crippen molar-refractivity contribution in [3.8, 4) is 0 Å². The molecule has 0 aliphatic heterocycles. The van der Waals surface area contributed by atoms with Gasteiger partial charge < -0.3 is 19.4 Å². The van der Waals surface area contributed by atoms with Crippen molar-refractivity contribution < 1.29 is 23.9 Å². The highest BCUT2D eigenvalue weighted by Gasteiger charge is 2.28. The van der Waals surface area contributed by atoms with Gasteiger partial charge in [0, 0.05) is 0 Å². The minimum atomic E-state index is -3.38. The van der Waals surface area contributed by atoms with Crippen LogP contribution in [0, 0.1) is 11.8 Å². The Morgan fingerprint density at radius 1 is 1.05 bits per heavy atom. The fourth-order valence-electron chi connectivity index (χ4n) is 1.25. The van der Waals surface area contributed by atoms with Gasteiger partial charge in [0.05, 0.1) is 19.4 Å². The molecule has 1 unspecified atom stereocenters. The van der Waals surface area contributed by atoms with Crippen LogP contribution in [0.25, 0.3) is 0 Å². The van der Waals surface area contributed by atoms with Gasteiger partial charge in [0.15, 0.2) is 0 Å². The molecule has 0 radical (unpaired) electrons. The van der Waals surface area contributed by atoms with E-state index >= 15 is 0 Å². The van der Waals surface area contributed by atoms with Crippen molar-refractivity contribution in [1.82, 2.24) is 5.48 Å². The van der Waals surface area contributed by atoms with Gasteiger partial charge in [-0.05, 0) is 24.7 Å². The monoisotopic (exact) mass is 297 g/mol. The molecule has 116 valence electrons. The second-order valence-corrected chi connectivity index (χ2v) is 7.57. The molecule has 1 atom stereocenters. The van der Waals surface area contributed by atoms with E-state index in [1.165, 1.54) is 0 Å². The largest absolute Gasteiger partial charge is 0.376 e. The summed E-state index contributed by atoms with van der Waals surface area (Å²) in [6, 6.07) is 0. The Morgan fingerprint density at radius 2 is 1.47 bits per heavy atom. The van der Waals surface area contributed by atoms with Gasteiger partial charge in [-0.2, -0.15) is 5.48 Å². The Morgan fingerprint density at radius 3 is 1.79 bits per heavy atom. The summed E-state index contributed by atoms with van der Waals surface area (Å²) in [4.78, 5) is 0. The quantitative estimate of drug-likeness (QED) is 0.309. The summed E-state index contributed by atoms with van der Waals surface area (Å²) in [6.07, 6.45) is -0.0519. The highest BCUT2D eigenvalue weighted by atomic mass is 31.2. The molecule has 0 saturated heterocycles. The maximum atomic E-state index is 12.4. The number of hydrogen-bond donors (Lipinski definition) is 3. The van der Waals surface area contributed by atoms with Crippen molar-refractivity contribution in [2.75, 3.05) is 19.4 Å². The first kappa shape index (κ1) is 19.0. The van der Waals surface area contributed by atoms with Crippen LogP contribution >= 0.6 is 7.60 Å². The number of aliphatic hydroxyl groups excluding tert-OH is 1. The number of nitrogens with one attached hydrogen (secondary N) is 1. The molecule has 0 aromatic rings. The van der Waals surface area contributed by atoms with Crippen LogP contribution in [0.2, 0.25) is 0 Å². The first-order valence-electron chi connectivity index (χ1n) is 6.75. The van der Waals surface area contributed by atoms with E-state index in [0.29, 0.717) is 25.0 Å². The highest BCUT2D eigenvalue weighted by molar-refractivity contribution is 7.53.